The zero-order valence-corrected chi connectivity index (χ0v) is 12.5. The van der Waals surface area contributed by atoms with Crippen LogP contribution in [0.2, 0.25) is 0 Å². The molecule has 1 aliphatic carbocycles. The molecule has 4 nitrogen and oxygen atoms in total. The summed E-state index contributed by atoms with van der Waals surface area (Å²) in [6, 6.07) is 0.621. The lowest BCUT2D eigenvalue weighted by atomic mass is 9.66. The van der Waals surface area contributed by atoms with E-state index in [2.05, 4.69) is 24.1 Å². The predicted octanol–water partition coefficient (Wildman–Crippen LogP) is 1.35. The van der Waals surface area contributed by atoms with Crippen molar-refractivity contribution in [2.24, 2.45) is 17.1 Å². The van der Waals surface area contributed by atoms with Crippen molar-refractivity contribution >= 4 is 5.91 Å². The Kier molecular flexibility index (Phi) is 4.85. The smallest absolute Gasteiger partial charge is 0.220 e. The van der Waals surface area contributed by atoms with Gasteiger partial charge in [-0.2, -0.15) is 0 Å². The number of rotatable bonds is 6. The van der Waals surface area contributed by atoms with Gasteiger partial charge in [-0.15, -0.1) is 0 Å². The maximum absolute atomic E-state index is 12.0. The van der Waals surface area contributed by atoms with E-state index in [0.29, 0.717) is 24.9 Å². The van der Waals surface area contributed by atoms with Crippen molar-refractivity contribution in [1.29, 1.82) is 0 Å². The van der Waals surface area contributed by atoms with Gasteiger partial charge in [0, 0.05) is 25.6 Å². The molecule has 4 heteroatoms. The highest BCUT2D eigenvalue weighted by Crippen LogP contribution is 2.42. The van der Waals surface area contributed by atoms with Crippen molar-refractivity contribution in [2.45, 2.75) is 52.0 Å². The van der Waals surface area contributed by atoms with Crippen LogP contribution >= 0.6 is 0 Å². The molecule has 1 atom stereocenters. The average molecular weight is 267 g/mol. The van der Waals surface area contributed by atoms with Crippen LogP contribution in [0.1, 0.15) is 46.0 Å². The fourth-order valence-electron chi connectivity index (χ4n) is 3.29. The van der Waals surface area contributed by atoms with Gasteiger partial charge in [0.15, 0.2) is 0 Å². The topological polar surface area (TPSA) is 58.4 Å². The molecule has 0 radical (unpaired) electrons. The van der Waals surface area contributed by atoms with E-state index < -0.39 is 0 Å². The van der Waals surface area contributed by atoms with Crippen LogP contribution in [0.25, 0.3) is 0 Å². The average Bonchev–Trinajstić information content (AvgIpc) is 2.80. The highest BCUT2D eigenvalue weighted by atomic mass is 16.1. The largest absolute Gasteiger partial charge is 0.356 e. The second-order valence-corrected chi connectivity index (χ2v) is 6.78. The zero-order valence-electron chi connectivity index (χ0n) is 12.5. The Morgan fingerprint density at radius 3 is 2.68 bits per heavy atom. The minimum atomic E-state index is 0.129. The first-order chi connectivity index (χ1) is 9.04. The van der Waals surface area contributed by atoms with E-state index in [-0.39, 0.29) is 11.3 Å². The molecule has 0 spiro atoms. The number of nitrogens with one attached hydrogen (secondary N) is 1. The summed E-state index contributed by atoms with van der Waals surface area (Å²) in [5, 5.41) is 3.12. The number of hydrogen-bond acceptors (Lipinski definition) is 3. The SMILES string of the molecule is CC(C)N1CCC(CNC(=O)CC2(CN)CCC2)C1. The Morgan fingerprint density at radius 1 is 1.47 bits per heavy atom. The Morgan fingerprint density at radius 2 is 2.21 bits per heavy atom. The van der Waals surface area contributed by atoms with Gasteiger partial charge in [0.25, 0.3) is 0 Å². The number of nitrogens with zero attached hydrogens (tertiary/aromatic N) is 1. The summed E-state index contributed by atoms with van der Waals surface area (Å²) >= 11 is 0. The van der Waals surface area contributed by atoms with Crippen molar-refractivity contribution in [3.63, 3.8) is 0 Å². The molecule has 0 aromatic carbocycles. The Hall–Kier alpha value is -0.610. The van der Waals surface area contributed by atoms with Gasteiger partial charge in [-0.25, -0.2) is 0 Å². The molecule has 19 heavy (non-hydrogen) atoms. The van der Waals surface area contributed by atoms with E-state index in [9.17, 15) is 4.79 Å². The van der Waals surface area contributed by atoms with E-state index in [1.54, 1.807) is 0 Å². The minimum absolute atomic E-state index is 0.129. The van der Waals surface area contributed by atoms with E-state index in [1.165, 1.54) is 19.4 Å². The number of likely N-dealkylation sites (tertiary alicyclic amines) is 1. The van der Waals surface area contributed by atoms with Crippen molar-refractivity contribution in [3.05, 3.63) is 0 Å². The Labute approximate surface area is 117 Å². The first kappa shape index (κ1) is 14.8. The van der Waals surface area contributed by atoms with Crippen molar-refractivity contribution in [3.8, 4) is 0 Å². The molecule has 1 saturated heterocycles. The number of carbonyl (C=O) groups is 1. The molecule has 3 N–H and O–H groups in total. The van der Waals surface area contributed by atoms with Crippen LogP contribution in [0.4, 0.5) is 0 Å². The molecule has 2 rings (SSSR count). The monoisotopic (exact) mass is 267 g/mol. The summed E-state index contributed by atoms with van der Waals surface area (Å²) in [6.07, 6.45) is 5.32. The lowest BCUT2D eigenvalue weighted by Crippen LogP contribution is -2.42. The molecule has 0 aromatic heterocycles. The van der Waals surface area contributed by atoms with Gasteiger partial charge in [-0.1, -0.05) is 6.42 Å². The fourth-order valence-corrected chi connectivity index (χ4v) is 3.29. The van der Waals surface area contributed by atoms with Crippen molar-refractivity contribution < 1.29 is 4.79 Å². The number of nitrogens with two attached hydrogens (primary N) is 1. The van der Waals surface area contributed by atoms with Gasteiger partial charge in [-0.3, -0.25) is 4.79 Å². The van der Waals surface area contributed by atoms with Crippen molar-refractivity contribution in [1.82, 2.24) is 10.2 Å². The molecule has 2 aliphatic rings. The third kappa shape index (κ3) is 3.69. The number of amides is 1. The summed E-state index contributed by atoms with van der Waals surface area (Å²) in [7, 11) is 0. The maximum Gasteiger partial charge on any atom is 0.220 e. The minimum Gasteiger partial charge on any atom is -0.356 e. The lowest BCUT2D eigenvalue weighted by Gasteiger charge is -2.40. The van der Waals surface area contributed by atoms with E-state index >= 15 is 0 Å². The molecular formula is C15H29N3O. The Bertz CT molecular complexity index is 307. The summed E-state index contributed by atoms with van der Waals surface area (Å²) in [4.78, 5) is 14.5. The molecule has 1 unspecified atom stereocenters. The zero-order chi connectivity index (χ0) is 13.9. The quantitative estimate of drug-likeness (QED) is 0.764. The predicted molar refractivity (Wildman–Crippen MR) is 77.8 cm³/mol. The summed E-state index contributed by atoms with van der Waals surface area (Å²) in [5.41, 5.74) is 5.93. The summed E-state index contributed by atoms with van der Waals surface area (Å²) < 4.78 is 0. The second-order valence-electron chi connectivity index (χ2n) is 6.78. The van der Waals surface area contributed by atoms with E-state index in [0.717, 1.165) is 25.9 Å². The first-order valence-corrected chi connectivity index (χ1v) is 7.75. The maximum atomic E-state index is 12.0. The van der Waals surface area contributed by atoms with Gasteiger partial charge < -0.3 is 16.0 Å². The first-order valence-electron chi connectivity index (χ1n) is 7.75. The highest BCUT2D eigenvalue weighted by Gasteiger charge is 2.37. The van der Waals surface area contributed by atoms with Gasteiger partial charge in [0.1, 0.15) is 0 Å². The van der Waals surface area contributed by atoms with E-state index in [1.807, 2.05) is 0 Å². The molecule has 110 valence electrons. The molecule has 1 saturated carbocycles. The van der Waals surface area contributed by atoms with Crippen LogP contribution in [-0.4, -0.2) is 43.0 Å². The fraction of sp³-hybridized carbons (Fsp3) is 0.933. The van der Waals surface area contributed by atoms with Crippen LogP contribution in [0.3, 0.4) is 0 Å². The molecule has 1 heterocycles. The number of carbonyl (C=O) groups excluding carboxylic acids is 1. The molecule has 1 aliphatic heterocycles. The molecular weight excluding hydrogens is 238 g/mol. The summed E-state index contributed by atoms with van der Waals surface area (Å²) in [6.45, 7) is 8.27. The van der Waals surface area contributed by atoms with Gasteiger partial charge in [-0.05, 0) is 57.5 Å². The van der Waals surface area contributed by atoms with Gasteiger partial charge in [0.2, 0.25) is 5.91 Å². The van der Waals surface area contributed by atoms with Crippen molar-refractivity contribution in [2.75, 3.05) is 26.2 Å². The van der Waals surface area contributed by atoms with E-state index in [4.69, 9.17) is 5.73 Å². The van der Waals surface area contributed by atoms with Crippen LogP contribution in [0, 0.1) is 11.3 Å². The number of hydrogen-bond donors (Lipinski definition) is 2. The second kappa shape index (κ2) is 6.23. The van der Waals surface area contributed by atoms with Crippen LogP contribution in [-0.2, 0) is 4.79 Å². The van der Waals surface area contributed by atoms with Crippen LogP contribution < -0.4 is 11.1 Å². The normalized spacial score (nSPS) is 26.4. The highest BCUT2D eigenvalue weighted by molar-refractivity contribution is 5.76. The molecule has 1 amide bonds. The van der Waals surface area contributed by atoms with Gasteiger partial charge >= 0.3 is 0 Å². The third-order valence-electron chi connectivity index (χ3n) is 5.02. The third-order valence-corrected chi connectivity index (χ3v) is 5.02. The Balaban J connectivity index is 1.67. The molecule has 2 fully saturated rings. The lowest BCUT2D eigenvalue weighted by molar-refractivity contribution is -0.124. The van der Waals surface area contributed by atoms with Crippen LogP contribution in [0.15, 0.2) is 0 Å². The summed E-state index contributed by atoms with van der Waals surface area (Å²) in [5.74, 6) is 0.828. The van der Waals surface area contributed by atoms with Gasteiger partial charge in [0.05, 0.1) is 0 Å². The van der Waals surface area contributed by atoms with Crippen LogP contribution in [0.5, 0.6) is 0 Å². The molecule has 0 aromatic rings. The molecule has 0 bridgehead atoms. The standard InChI is InChI=1S/C15H29N3O/c1-12(2)18-7-4-13(10-18)9-17-14(19)8-15(11-16)5-3-6-15/h12-13H,3-11,16H2,1-2H3,(H,17,19).